The number of ether oxygens (including phenoxy) is 2. The first kappa shape index (κ1) is 21.9. The molecule has 1 saturated heterocycles. The maximum atomic E-state index is 12.9. The summed E-state index contributed by atoms with van der Waals surface area (Å²) in [6, 6.07) is 11.6. The van der Waals surface area contributed by atoms with Crippen molar-refractivity contribution in [1.82, 2.24) is 9.80 Å². The number of benzene rings is 2. The molecule has 6 heteroatoms. The van der Waals surface area contributed by atoms with Gasteiger partial charge in [-0.1, -0.05) is 18.2 Å². The van der Waals surface area contributed by atoms with Crippen LogP contribution in [-0.4, -0.2) is 63.2 Å². The molecule has 1 fully saturated rings. The van der Waals surface area contributed by atoms with Crippen molar-refractivity contribution < 1.29 is 14.3 Å². The number of hydrogen-bond acceptors (Lipinski definition) is 5. The lowest BCUT2D eigenvalue weighted by Crippen LogP contribution is -2.43. The minimum absolute atomic E-state index is 0.182. The van der Waals surface area contributed by atoms with Crippen molar-refractivity contribution in [3.05, 3.63) is 65.7 Å². The number of allylic oxidation sites excluding steroid dienone is 1. The van der Waals surface area contributed by atoms with Crippen LogP contribution < -0.4 is 14.8 Å². The van der Waals surface area contributed by atoms with Gasteiger partial charge in [0.05, 0.1) is 14.2 Å². The van der Waals surface area contributed by atoms with Gasteiger partial charge >= 0.3 is 0 Å². The second kappa shape index (κ2) is 10.3. The molecule has 1 aliphatic rings. The maximum Gasteiger partial charge on any atom is 0.255 e. The molecule has 2 aromatic carbocycles. The van der Waals surface area contributed by atoms with Crippen molar-refractivity contribution in [1.29, 1.82) is 0 Å². The van der Waals surface area contributed by atoms with E-state index in [4.69, 9.17) is 9.47 Å². The Hall–Kier alpha value is -2.83. The van der Waals surface area contributed by atoms with E-state index in [1.807, 2.05) is 24.3 Å². The Kier molecular flexibility index (Phi) is 7.49. The Balaban J connectivity index is 1.74. The van der Waals surface area contributed by atoms with E-state index in [9.17, 15) is 4.79 Å². The van der Waals surface area contributed by atoms with Crippen molar-refractivity contribution in [2.45, 2.75) is 13.0 Å². The molecule has 30 heavy (non-hydrogen) atoms. The van der Waals surface area contributed by atoms with Crippen molar-refractivity contribution >= 4 is 11.6 Å². The number of hydrogen-bond donors (Lipinski definition) is 1. The number of carbonyl (C=O) groups is 1. The van der Waals surface area contributed by atoms with E-state index in [0.717, 1.165) is 44.0 Å². The third-order valence-corrected chi connectivity index (χ3v) is 5.37. The molecule has 1 amide bonds. The second-order valence-electron chi connectivity index (χ2n) is 7.60. The highest BCUT2D eigenvalue weighted by atomic mass is 16.5. The SMILES string of the molecule is C=CCc1cc(C(=O)Nc2cccc(CN3CCN(C)CC3)c2)cc(OC)c1OC. The van der Waals surface area contributed by atoms with Gasteiger partial charge in [0, 0.05) is 49.5 Å². The summed E-state index contributed by atoms with van der Waals surface area (Å²) in [5.74, 6) is 0.979. The van der Waals surface area contributed by atoms with E-state index < -0.39 is 0 Å². The van der Waals surface area contributed by atoms with Gasteiger partial charge in [0.15, 0.2) is 11.5 Å². The van der Waals surface area contributed by atoms with E-state index in [1.54, 1.807) is 26.4 Å². The summed E-state index contributed by atoms with van der Waals surface area (Å²) in [7, 11) is 5.32. The van der Waals surface area contributed by atoms with Crippen molar-refractivity contribution in [3.63, 3.8) is 0 Å². The molecule has 160 valence electrons. The smallest absolute Gasteiger partial charge is 0.255 e. The summed E-state index contributed by atoms with van der Waals surface area (Å²) in [4.78, 5) is 17.7. The molecule has 0 bridgehead atoms. The number of anilines is 1. The van der Waals surface area contributed by atoms with Crippen LogP contribution in [0.3, 0.4) is 0 Å². The number of methoxy groups -OCH3 is 2. The first-order valence-electron chi connectivity index (χ1n) is 10.2. The fourth-order valence-corrected chi connectivity index (χ4v) is 3.70. The molecule has 1 heterocycles. The van der Waals surface area contributed by atoms with Crippen LogP contribution in [0.5, 0.6) is 11.5 Å². The van der Waals surface area contributed by atoms with E-state index >= 15 is 0 Å². The number of likely N-dealkylation sites (N-methyl/N-ethyl adjacent to an activating group) is 1. The van der Waals surface area contributed by atoms with Gasteiger partial charge in [-0.25, -0.2) is 0 Å². The van der Waals surface area contributed by atoms with Gasteiger partial charge in [-0.15, -0.1) is 6.58 Å². The normalized spacial score (nSPS) is 14.9. The molecule has 3 rings (SSSR count). The molecule has 0 aliphatic carbocycles. The Morgan fingerprint density at radius 1 is 1.13 bits per heavy atom. The second-order valence-corrected chi connectivity index (χ2v) is 7.60. The number of piperazine rings is 1. The molecule has 2 aromatic rings. The number of nitrogens with one attached hydrogen (secondary N) is 1. The van der Waals surface area contributed by atoms with Crippen molar-refractivity contribution in [2.24, 2.45) is 0 Å². The van der Waals surface area contributed by atoms with Crippen LogP contribution in [-0.2, 0) is 13.0 Å². The zero-order chi connectivity index (χ0) is 21.5. The summed E-state index contributed by atoms with van der Waals surface area (Å²) >= 11 is 0. The molecule has 0 spiro atoms. The zero-order valence-corrected chi connectivity index (χ0v) is 18.1. The quantitative estimate of drug-likeness (QED) is 0.677. The predicted octanol–water partition coefficient (Wildman–Crippen LogP) is 3.43. The highest BCUT2D eigenvalue weighted by Crippen LogP contribution is 2.33. The van der Waals surface area contributed by atoms with Crippen LogP contribution in [0.1, 0.15) is 21.5 Å². The molecule has 0 aromatic heterocycles. The predicted molar refractivity (Wildman–Crippen MR) is 121 cm³/mol. The number of carbonyl (C=O) groups excluding carboxylic acids is 1. The molecule has 0 radical (unpaired) electrons. The third-order valence-electron chi connectivity index (χ3n) is 5.37. The Morgan fingerprint density at radius 3 is 2.57 bits per heavy atom. The number of rotatable bonds is 8. The van der Waals surface area contributed by atoms with E-state index in [-0.39, 0.29) is 5.91 Å². The lowest BCUT2D eigenvalue weighted by Gasteiger charge is -2.32. The van der Waals surface area contributed by atoms with Gasteiger partial charge in [0.25, 0.3) is 5.91 Å². The van der Waals surface area contributed by atoms with Crippen LogP contribution in [0, 0.1) is 0 Å². The Labute approximate surface area is 179 Å². The summed E-state index contributed by atoms with van der Waals surface area (Å²) in [5.41, 5.74) is 3.36. The minimum atomic E-state index is -0.182. The van der Waals surface area contributed by atoms with E-state index in [1.165, 1.54) is 5.56 Å². The molecule has 0 atom stereocenters. The lowest BCUT2D eigenvalue weighted by atomic mass is 10.0. The average Bonchev–Trinajstić information content (AvgIpc) is 2.75. The van der Waals surface area contributed by atoms with Crippen LogP contribution >= 0.6 is 0 Å². The van der Waals surface area contributed by atoms with E-state index in [2.05, 4.69) is 34.8 Å². The lowest BCUT2D eigenvalue weighted by molar-refractivity contribution is 0.102. The first-order chi connectivity index (χ1) is 14.5. The molecular weight excluding hydrogens is 378 g/mol. The van der Waals surface area contributed by atoms with Gasteiger partial charge < -0.3 is 19.7 Å². The minimum Gasteiger partial charge on any atom is -0.493 e. The zero-order valence-electron chi connectivity index (χ0n) is 18.1. The molecule has 0 saturated carbocycles. The Morgan fingerprint density at radius 2 is 1.90 bits per heavy atom. The van der Waals surface area contributed by atoms with Crippen LogP contribution in [0.25, 0.3) is 0 Å². The summed E-state index contributed by atoms with van der Waals surface area (Å²) in [5, 5.41) is 3.01. The molecular formula is C24H31N3O3. The van der Waals surface area contributed by atoms with Gasteiger partial charge in [-0.2, -0.15) is 0 Å². The fraction of sp³-hybridized carbons (Fsp3) is 0.375. The monoisotopic (exact) mass is 409 g/mol. The molecule has 1 aliphatic heterocycles. The Bertz CT molecular complexity index is 889. The van der Waals surface area contributed by atoms with E-state index in [0.29, 0.717) is 23.5 Å². The number of nitrogens with zero attached hydrogens (tertiary/aromatic N) is 2. The summed E-state index contributed by atoms with van der Waals surface area (Å²) in [6.45, 7) is 8.97. The molecule has 1 N–H and O–H groups in total. The molecule has 6 nitrogen and oxygen atoms in total. The largest absolute Gasteiger partial charge is 0.493 e. The topological polar surface area (TPSA) is 54.0 Å². The number of amides is 1. The third kappa shape index (κ3) is 5.40. The van der Waals surface area contributed by atoms with Crippen LogP contribution in [0.2, 0.25) is 0 Å². The highest BCUT2D eigenvalue weighted by Gasteiger charge is 2.17. The van der Waals surface area contributed by atoms with Crippen molar-refractivity contribution in [2.75, 3.05) is 52.8 Å². The first-order valence-corrected chi connectivity index (χ1v) is 10.2. The summed E-state index contributed by atoms with van der Waals surface area (Å²) in [6.07, 6.45) is 2.36. The maximum absolute atomic E-state index is 12.9. The summed E-state index contributed by atoms with van der Waals surface area (Å²) < 4.78 is 10.9. The van der Waals surface area contributed by atoms with Crippen LogP contribution in [0.4, 0.5) is 5.69 Å². The fourth-order valence-electron chi connectivity index (χ4n) is 3.70. The van der Waals surface area contributed by atoms with Gasteiger partial charge in [-0.3, -0.25) is 9.69 Å². The molecule has 0 unspecified atom stereocenters. The highest BCUT2D eigenvalue weighted by molar-refractivity contribution is 6.05. The van der Waals surface area contributed by atoms with Gasteiger partial charge in [0.1, 0.15) is 0 Å². The van der Waals surface area contributed by atoms with Gasteiger partial charge in [-0.05, 0) is 43.3 Å². The average molecular weight is 410 g/mol. The standard InChI is InChI=1S/C24H31N3O3/c1-5-7-19-15-20(16-22(29-3)23(19)30-4)24(28)25-21-9-6-8-18(14-21)17-27-12-10-26(2)11-13-27/h5-6,8-9,14-16H,1,7,10-13,17H2,2-4H3,(H,25,28). The van der Waals surface area contributed by atoms with Crippen LogP contribution in [0.15, 0.2) is 49.1 Å². The van der Waals surface area contributed by atoms with Gasteiger partial charge in [0.2, 0.25) is 0 Å². The van der Waals surface area contributed by atoms with Crippen molar-refractivity contribution in [3.8, 4) is 11.5 Å².